The van der Waals surface area contributed by atoms with Crippen LogP contribution in [0.5, 0.6) is 0 Å². The zero-order chi connectivity index (χ0) is 17.3. The van der Waals surface area contributed by atoms with Crippen LogP contribution < -0.4 is 5.32 Å². The van der Waals surface area contributed by atoms with E-state index in [1.807, 2.05) is 7.05 Å². The van der Waals surface area contributed by atoms with E-state index >= 15 is 0 Å². The van der Waals surface area contributed by atoms with E-state index in [0.717, 1.165) is 50.7 Å². The number of nitrogens with zero attached hydrogens (tertiary/aromatic N) is 4. The highest BCUT2D eigenvalue weighted by atomic mass is 127. The largest absolute Gasteiger partial charge is 0.378 e. The molecule has 3 fully saturated rings. The second-order valence-corrected chi connectivity index (χ2v) is 7.64. The van der Waals surface area contributed by atoms with Crippen LogP contribution in [0.2, 0.25) is 0 Å². The number of nitrogens with one attached hydrogen (secondary N) is 2. The van der Waals surface area contributed by atoms with Crippen molar-refractivity contribution in [1.29, 1.82) is 0 Å². The van der Waals surface area contributed by atoms with Crippen molar-refractivity contribution in [3.05, 3.63) is 12.2 Å². The molecular weight excluding hydrogens is 443 g/mol. The summed E-state index contributed by atoms with van der Waals surface area (Å²) >= 11 is 0. The summed E-state index contributed by atoms with van der Waals surface area (Å²) in [7, 11) is 1.90. The molecule has 0 amide bonds. The highest BCUT2D eigenvalue weighted by Gasteiger charge is 2.59. The van der Waals surface area contributed by atoms with Gasteiger partial charge in [-0.15, -0.1) is 24.0 Å². The molecule has 0 bridgehead atoms. The molecule has 1 spiro atoms. The number of rotatable bonds is 4. The van der Waals surface area contributed by atoms with Gasteiger partial charge in [-0.05, 0) is 39.0 Å². The van der Waals surface area contributed by atoms with Gasteiger partial charge in [-0.2, -0.15) is 5.10 Å². The van der Waals surface area contributed by atoms with Gasteiger partial charge in [-0.25, -0.2) is 4.98 Å². The third kappa shape index (κ3) is 3.46. The molecule has 146 valence electrons. The number of piperidine rings is 1. The molecule has 4 rings (SSSR count). The van der Waals surface area contributed by atoms with Crippen molar-refractivity contribution < 1.29 is 4.74 Å². The number of ether oxygens (including phenoxy) is 1. The van der Waals surface area contributed by atoms with Gasteiger partial charge in [0, 0.05) is 44.1 Å². The van der Waals surface area contributed by atoms with Gasteiger partial charge in [0.15, 0.2) is 5.96 Å². The number of aliphatic imine (C=N–C) groups is 1. The summed E-state index contributed by atoms with van der Waals surface area (Å²) in [5, 5.41) is 10.8. The molecule has 3 aliphatic rings. The Labute approximate surface area is 172 Å². The molecule has 1 aliphatic heterocycles. The molecule has 1 aromatic heterocycles. The molecule has 1 saturated heterocycles. The number of guanidine groups is 1. The Balaban J connectivity index is 0.00000196. The summed E-state index contributed by atoms with van der Waals surface area (Å²) in [4.78, 5) is 11.3. The zero-order valence-electron chi connectivity index (χ0n) is 15.8. The quantitative estimate of drug-likeness (QED) is 0.399. The minimum Gasteiger partial charge on any atom is -0.378 e. The number of hydrogen-bond donors (Lipinski definition) is 2. The zero-order valence-corrected chi connectivity index (χ0v) is 18.1. The Bertz CT molecular complexity index is 595. The third-order valence-corrected chi connectivity index (χ3v) is 6.57. The van der Waals surface area contributed by atoms with E-state index in [2.05, 4.69) is 37.3 Å². The fraction of sp³-hybridized carbons (Fsp3) is 0.833. The molecule has 2 atom stereocenters. The Morgan fingerprint density at radius 3 is 2.73 bits per heavy atom. The first-order chi connectivity index (χ1) is 12.3. The third-order valence-electron chi connectivity index (χ3n) is 6.57. The summed E-state index contributed by atoms with van der Waals surface area (Å²) < 4.78 is 5.97. The fourth-order valence-corrected chi connectivity index (χ4v) is 4.87. The Morgan fingerprint density at radius 1 is 1.42 bits per heavy atom. The minimum atomic E-state index is 0. The number of aromatic nitrogens is 3. The van der Waals surface area contributed by atoms with Crippen LogP contribution in [0.15, 0.2) is 11.3 Å². The lowest BCUT2D eigenvalue weighted by atomic mass is 9.51. The molecular formula is C18H31IN6O. The van der Waals surface area contributed by atoms with Crippen molar-refractivity contribution in [2.75, 3.05) is 26.7 Å². The normalized spacial score (nSPS) is 28.2. The lowest BCUT2D eigenvalue weighted by Crippen LogP contribution is -2.69. The van der Waals surface area contributed by atoms with E-state index in [1.165, 1.54) is 19.3 Å². The monoisotopic (exact) mass is 474 g/mol. The van der Waals surface area contributed by atoms with E-state index in [1.54, 1.807) is 6.33 Å². The maximum atomic E-state index is 5.97. The van der Waals surface area contributed by atoms with Crippen LogP contribution in [-0.2, 0) is 4.74 Å². The van der Waals surface area contributed by atoms with Crippen molar-refractivity contribution >= 4 is 29.9 Å². The number of aromatic amines is 1. The predicted molar refractivity (Wildman–Crippen MR) is 112 cm³/mol. The highest BCUT2D eigenvalue weighted by molar-refractivity contribution is 14.0. The number of halogens is 1. The van der Waals surface area contributed by atoms with Crippen molar-refractivity contribution in [1.82, 2.24) is 25.4 Å². The molecule has 2 heterocycles. The van der Waals surface area contributed by atoms with Crippen LogP contribution in [0.4, 0.5) is 0 Å². The molecule has 2 unspecified atom stereocenters. The van der Waals surface area contributed by atoms with Gasteiger partial charge in [-0.3, -0.25) is 10.1 Å². The summed E-state index contributed by atoms with van der Waals surface area (Å²) in [6.45, 7) is 4.95. The van der Waals surface area contributed by atoms with Crippen LogP contribution >= 0.6 is 24.0 Å². The van der Waals surface area contributed by atoms with Crippen LogP contribution in [0.1, 0.15) is 57.2 Å². The highest BCUT2D eigenvalue weighted by Crippen LogP contribution is 2.57. The maximum absolute atomic E-state index is 5.97. The molecule has 8 heteroatoms. The van der Waals surface area contributed by atoms with Crippen molar-refractivity contribution in [3.8, 4) is 0 Å². The first kappa shape index (κ1) is 19.9. The topological polar surface area (TPSA) is 78.4 Å². The smallest absolute Gasteiger partial charge is 0.193 e. The van der Waals surface area contributed by atoms with Crippen molar-refractivity contribution in [3.63, 3.8) is 0 Å². The van der Waals surface area contributed by atoms with Gasteiger partial charge < -0.3 is 15.0 Å². The standard InChI is InChI=1S/C18H30N6O.HI/c1-3-25-15-11-14(18(15)7-4-8-18)22-17(19-2)24-9-5-13(6-10-24)16-20-12-21-23-16;/h12-15H,3-11H2,1-2H3,(H,19,22)(H,20,21,23);1H. The van der Waals surface area contributed by atoms with E-state index in [4.69, 9.17) is 4.74 Å². The van der Waals surface area contributed by atoms with Crippen LogP contribution in [0.25, 0.3) is 0 Å². The Morgan fingerprint density at radius 2 is 2.19 bits per heavy atom. The maximum Gasteiger partial charge on any atom is 0.193 e. The van der Waals surface area contributed by atoms with Gasteiger partial charge in [-0.1, -0.05) is 6.42 Å². The Hall–Kier alpha value is -0.900. The number of likely N-dealkylation sites (tertiary alicyclic amines) is 1. The number of H-pyrrole nitrogens is 1. The fourth-order valence-electron chi connectivity index (χ4n) is 4.87. The van der Waals surface area contributed by atoms with E-state index < -0.39 is 0 Å². The van der Waals surface area contributed by atoms with Crippen LogP contribution in [-0.4, -0.2) is 64.9 Å². The number of hydrogen-bond acceptors (Lipinski definition) is 4. The summed E-state index contributed by atoms with van der Waals surface area (Å²) in [5.41, 5.74) is 0.365. The Kier molecular flexibility index (Phi) is 6.42. The van der Waals surface area contributed by atoms with Gasteiger partial charge in [0.2, 0.25) is 0 Å². The first-order valence-corrected chi connectivity index (χ1v) is 9.72. The molecule has 2 N–H and O–H groups in total. The molecule has 2 saturated carbocycles. The van der Waals surface area contributed by atoms with E-state index in [0.29, 0.717) is 23.5 Å². The van der Waals surface area contributed by atoms with E-state index in [9.17, 15) is 0 Å². The lowest BCUT2D eigenvalue weighted by molar-refractivity contribution is -0.169. The van der Waals surface area contributed by atoms with Crippen LogP contribution in [0.3, 0.4) is 0 Å². The first-order valence-electron chi connectivity index (χ1n) is 9.72. The summed E-state index contributed by atoms with van der Waals surface area (Å²) in [6.07, 6.45) is 9.26. The molecule has 2 aliphatic carbocycles. The molecule has 0 aromatic carbocycles. The molecule has 26 heavy (non-hydrogen) atoms. The van der Waals surface area contributed by atoms with Gasteiger partial charge in [0.1, 0.15) is 12.2 Å². The van der Waals surface area contributed by atoms with E-state index in [-0.39, 0.29) is 24.0 Å². The van der Waals surface area contributed by atoms with Crippen molar-refractivity contribution in [2.24, 2.45) is 10.4 Å². The average Bonchev–Trinajstić information content (AvgIpc) is 3.11. The van der Waals surface area contributed by atoms with Gasteiger partial charge in [0.25, 0.3) is 0 Å². The SMILES string of the molecule is CCOC1CC(NC(=NC)N2CCC(c3ncn[nH]3)CC2)C12CCC2.I. The lowest BCUT2D eigenvalue weighted by Gasteiger charge is -2.61. The van der Waals surface area contributed by atoms with Gasteiger partial charge in [0.05, 0.1) is 6.10 Å². The average molecular weight is 474 g/mol. The van der Waals surface area contributed by atoms with Gasteiger partial charge >= 0.3 is 0 Å². The molecule has 1 aromatic rings. The predicted octanol–water partition coefficient (Wildman–Crippen LogP) is 2.53. The summed E-state index contributed by atoms with van der Waals surface area (Å²) in [6, 6.07) is 0.517. The second kappa shape index (κ2) is 8.41. The molecule has 7 nitrogen and oxygen atoms in total. The van der Waals surface area contributed by atoms with Crippen molar-refractivity contribution in [2.45, 2.75) is 63.5 Å². The second-order valence-electron chi connectivity index (χ2n) is 7.64. The molecule has 0 radical (unpaired) electrons. The van der Waals surface area contributed by atoms with Crippen LogP contribution in [0, 0.1) is 5.41 Å². The minimum absolute atomic E-state index is 0. The summed E-state index contributed by atoms with van der Waals surface area (Å²) in [5.74, 6) is 2.57.